The van der Waals surface area contributed by atoms with Gasteiger partial charge in [-0.3, -0.25) is 19.5 Å². The van der Waals surface area contributed by atoms with Gasteiger partial charge in [0.05, 0.1) is 19.2 Å². The van der Waals surface area contributed by atoms with Gasteiger partial charge in [-0.2, -0.15) is 0 Å². The number of urea groups is 1. The summed E-state index contributed by atoms with van der Waals surface area (Å²) < 4.78 is 27.6. The smallest absolute Gasteiger partial charge is 0.345 e. The van der Waals surface area contributed by atoms with Crippen LogP contribution in [0, 0.1) is 11.6 Å². The van der Waals surface area contributed by atoms with Gasteiger partial charge in [-0.15, -0.1) is 0 Å². The first-order valence-corrected chi connectivity index (χ1v) is 11.4. The molecule has 0 aliphatic carbocycles. The number of nitrogens with one attached hydrogen (secondary N) is 2. The normalized spacial score (nSPS) is 13.3. The van der Waals surface area contributed by atoms with Gasteiger partial charge in [0.15, 0.2) is 11.6 Å². The number of halogens is 2. The lowest BCUT2D eigenvalue weighted by Gasteiger charge is -2.31. The first kappa shape index (κ1) is 26.3. The minimum absolute atomic E-state index is 0.00488. The number of aliphatic hydroxyl groups excluding tert-OH is 1. The third-order valence-electron chi connectivity index (χ3n) is 5.65. The van der Waals surface area contributed by atoms with E-state index in [0.29, 0.717) is 25.8 Å². The number of unbranched alkanes of at least 4 members (excludes halogenated alkanes) is 1. The summed E-state index contributed by atoms with van der Waals surface area (Å²) in [6.45, 7) is 1.55. The average Bonchev–Trinajstić information content (AvgIpc) is 2.85. The maximum Gasteiger partial charge on any atom is 0.345 e. The van der Waals surface area contributed by atoms with E-state index < -0.39 is 23.7 Å². The molecule has 0 saturated heterocycles. The van der Waals surface area contributed by atoms with Crippen LogP contribution in [0.2, 0.25) is 0 Å². The number of carbonyl (C=O) groups excluding carboxylic acids is 2. The van der Waals surface area contributed by atoms with Crippen LogP contribution in [0.5, 0.6) is 0 Å². The molecule has 3 rings (SSSR count). The number of aliphatic hydroxyl groups is 1. The Morgan fingerprint density at radius 1 is 1.17 bits per heavy atom. The van der Waals surface area contributed by atoms with Crippen molar-refractivity contribution in [2.24, 2.45) is 0 Å². The summed E-state index contributed by atoms with van der Waals surface area (Å²) >= 11 is 0. The zero-order valence-electron chi connectivity index (χ0n) is 19.5. The SMILES string of the molecule is CC(=O)N(NCc1cccc(F)c1F)[C@H](CCCCO)CONC(=O)N1C=Cc2ccccc2C1. The number of rotatable bonds is 11. The van der Waals surface area contributed by atoms with Crippen LogP contribution >= 0.6 is 0 Å². The van der Waals surface area contributed by atoms with E-state index in [1.54, 1.807) is 6.20 Å². The number of benzene rings is 2. The molecule has 3 amide bonds. The van der Waals surface area contributed by atoms with Crippen molar-refractivity contribution >= 4 is 18.0 Å². The van der Waals surface area contributed by atoms with E-state index in [1.165, 1.54) is 29.0 Å². The summed E-state index contributed by atoms with van der Waals surface area (Å²) in [6.07, 6.45) is 5.06. The lowest BCUT2D eigenvalue weighted by atomic mass is 10.0. The monoisotopic (exact) mass is 488 g/mol. The Labute approximate surface area is 203 Å². The van der Waals surface area contributed by atoms with Crippen LogP contribution < -0.4 is 10.9 Å². The van der Waals surface area contributed by atoms with Crippen molar-refractivity contribution in [2.75, 3.05) is 13.2 Å². The minimum Gasteiger partial charge on any atom is -0.396 e. The van der Waals surface area contributed by atoms with Gasteiger partial charge < -0.3 is 5.11 Å². The molecule has 8 nitrogen and oxygen atoms in total. The molecule has 35 heavy (non-hydrogen) atoms. The quantitative estimate of drug-likeness (QED) is 0.333. The summed E-state index contributed by atoms with van der Waals surface area (Å²) in [5, 5.41) is 10.4. The van der Waals surface area contributed by atoms with E-state index in [0.717, 1.165) is 17.2 Å². The number of carbonyl (C=O) groups is 2. The van der Waals surface area contributed by atoms with Gasteiger partial charge in [0, 0.05) is 31.8 Å². The van der Waals surface area contributed by atoms with Crippen LogP contribution in [0.25, 0.3) is 6.08 Å². The van der Waals surface area contributed by atoms with E-state index in [-0.39, 0.29) is 31.2 Å². The van der Waals surface area contributed by atoms with Crippen LogP contribution in [0.3, 0.4) is 0 Å². The molecule has 0 fully saturated rings. The molecule has 0 radical (unpaired) electrons. The summed E-state index contributed by atoms with van der Waals surface area (Å²) in [4.78, 5) is 31.8. The van der Waals surface area contributed by atoms with E-state index in [2.05, 4.69) is 10.9 Å². The van der Waals surface area contributed by atoms with Gasteiger partial charge in [0.1, 0.15) is 0 Å². The number of hydrazine groups is 1. The summed E-state index contributed by atoms with van der Waals surface area (Å²) in [5.41, 5.74) is 7.35. The van der Waals surface area contributed by atoms with Crippen LogP contribution in [0.15, 0.2) is 48.7 Å². The highest BCUT2D eigenvalue weighted by atomic mass is 19.2. The Morgan fingerprint density at radius 2 is 1.97 bits per heavy atom. The lowest BCUT2D eigenvalue weighted by Crippen LogP contribution is -2.51. The fraction of sp³-hybridized carbons (Fsp3) is 0.360. The van der Waals surface area contributed by atoms with E-state index in [9.17, 15) is 18.4 Å². The molecule has 0 unspecified atom stereocenters. The molecule has 10 heteroatoms. The third-order valence-corrected chi connectivity index (χ3v) is 5.65. The van der Waals surface area contributed by atoms with Gasteiger partial charge in [0.2, 0.25) is 5.91 Å². The van der Waals surface area contributed by atoms with E-state index in [1.807, 2.05) is 30.3 Å². The fourth-order valence-corrected chi connectivity index (χ4v) is 3.78. The molecule has 0 bridgehead atoms. The molecule has 0 spiro atoms. The van der Waals surface area contributed by atoms with Crippen LogP contribution in [-0.2, 0) is 22.7 Å². The predicted molar refractivity (Wildman–Crippen MR) is 126 cm³/mol. The summed E-state index contributed by atoms with van der Waals surface area (Å²) in [7, 11) is 0. The first-order valence-electron chi connectivity index (χ1n) is 11.4. The number of hydrogen-bond donors (Lipinski definition) is 3. The maximum atomic E-state index is 14.0. The lowest BCUT2D eigenvalue weighted by molar-refractivity contribution is -0.138. The average molecular weight is 489 g/mol. The van der Waals surface area contributed by atoms with Gasteiger partial charge in [-0.25, -0.2) is 24.5 Å². The second kappa shape index (κ2) is 12.9. The molecule has 0 aromatic heterocycles. The van der Waals surface area contributed by atoms with E-state index in [4.69, 9.17) is 9.94 Å². The third kappa shape index (κ3) is 7.32. The number of hydrogen-bond acceptors (Lipinski definition) is 5. The second-order valence-corrected chi connectivity index (χ2v) is 8.17. The number of fused-ring (bicyclic) bond motifs is 1. The molecule has 3 N–H and O–H groups in total. The molecular weight excluding hydrogens is 458 g/mol. The Hall–Kier alpha value is -3.34. The Bertz CT molecular complexity index is 1050. The predicted octanol–water partition coefficient (Wildman–Crippen LogP) is 3.48. The van der Waals surface area contributed by atoms with Crippen LogP contribution in [0.4, 0.5) is 13.6 Å². The molecule has 188 valence electrons. The van der Waals surface area contributed by atoms with Crippen molar-refractivity contribution in [1.82, 2.24) is 20.8 Å². The molecule has 1 atom stereocenters. The van der Waals surface area contributed by atoms with Gasteiger partial charge >= 0.3 is 6.03 Å². The minimum atomic E-state index is -0.986. The van der Waals surface area contributed by atoms with Crippen molar-refractivity contribution in [3.05, 3.63) is 77.0 Å². The molecule has 2 aromatic carbocycles. The summed E-state index contributed by atoms with van der Waals surface area (Å²) in [5.74, 6) is -2.32. The Kier molecular flexibility index (Phi) is 9.71. The number of amides is 3. The van der Waals surface area contributed by atoms with Gasteiger partial charge in [0.25, 0.3) is 0 Å². The zero-order chi connectivity index (χ0) is 25.2. The highest BCUT2D eigenvalue weighted by Crippen LogP contribution is 2.19. The molecule has 0 saturated carbocycles. The van der Waals surface area contributed by atoms with Gasteiger partial charge in [-0.1, -0.05) is 36.4 Å². The van der Waals surface area contributed by atoms with Crippen LogP contribution in [-0.4, -0.2) is 46.2 Å². The van der Waals surface area contributed by atoms with Crippen molar-refractivity contribution in [2.45, 2.75) is 45.3 Å². The Morgan fingerprint density at radius 3 is 2.74 bits per heavy atom. The second-order valence-electron chi connectivity index (χ2n) is 8.17. The molecule has 1 aliphatic heterocycles. The van der Waals surface area contributed by atoms with Crippen LogP contribution in [0.1, 0.15) is 42.9 Å². The number of nitrogens with zero attached hydrogens (tertiary/aromatic N) is 2. The molecule has 1 heterocycles. The van der Waals surface area contributed by atoms with Crippen molar-refractivity contribution < 1.29 is 28.3 Å². The maximum absolute atomic E-state index is 14.0. The highest BCUT2D eigenvalue weighted by Gasteiger charge is 2.23. The topological polar surface area (TPSA) is 94.1 Å². The molecule has 2 aromatic rings. The molecule has 1 aliphatic rings. The zero-order valence-corrected chi connectivity index (χ0v) is 19.5. The van der Waals surface area contributed by atoms with Crippen molar-refractivity contribution in [3.8, 4) is 0 Å². The van der Waals surface area contributed by atoms with Crippen molar-refractivity contribution in [3.63, 3.8) is 0 Å². The standard InChI is InChI=1S/C25H30F2N4O4/c1-18(33)31(28-15-20-9-6-11-23(26)24(20)27)22(10-4-5-14-32)17-35-29-25(34)30-13-12-19-7-2-3-8-21(19)16-30/h2-3,6-9,11-13,22,28,32H,4-5,10,14-17H2,1H3,(H,29,34)/t22-/m1/s1. The summed E-state index contributed by atoms with van der Waals surface area (Å²) in [6, 6.07) is 10.6. The van der Waals surface area contributed by atoms with E-state index >= 15 is 0 Å². The highest BCUT2D eigenvalue weighted by molar-refractivity contribution is 5.76. The fourth-order valence-electron chi connectivity index (χ4n) is 3.78. The van der Waals surface area contributed by atoms with Gasteiger partial charge in [-0.05, 0) is 42.5 Å². The molecular formula is C25H30F2N4O4. The number of hydroxylamine groups is 1. The Balaban J connectivity index is 1.59. The largest absolute Gasteiger partial charge is 0.396 e. The van der Waals surface area contributed by atoms with Crippen molar-refractivity contribution in [1.29, 1.82) is 0 Å². The first-order chi connectivity index (χ1) is 16.9.